The Balaban J connectivity index is 2.00. The SMILES string of the molecule is CCOC(=O)C1[C@H]2CC(=O)[C@@H]1C2. The van der Waals surface area contributed by atoms with E-state index in [1.54, 1.807) is 6.92 Å². The van der Waals surface area contributed by atoms with E-state index in [4.69, 9.17) is 4.74 Å². The number of fused-ring (bicyclic) bond motifs is 1. The van der Waals surface area contributed by atoms with Crippen LogP contribution in [0.25, 0.3) is 0 Å². The first-order valence-electron chi connectivity index (χ1n) is 4.43. The standard InChI is InChI=1S/C9H12O3/c1-2-12-9(11)8-5-3-6(8)7(10)4-5/h5-6,8H,2-4H2,1H3/t5-,6+,8?/m1/s1. The van der Waals surface area contributed by atoms with Crippen molar-refractivity contribution in [3.63, 3.8) is 0 Å². The van der Waals surface area contributed by atoms with Crippen molar-refractivity contribution in [3.05, 3.63) is 0 Å². The van der Waals surface area contributed by atoms with E-state index < -0.39 is 0 Å². The Hall–Kier alpha value is -0.860. The number of carbonyl (C=O) groups excluding carboxylic acids is 2. The summed E-state index contributed by atoms with van der Waals surface area (Å²) in [4.78, 5) is 22.4. The Labute approximate surface area is 71.1 Å². The van der Waals surface area contributed by atoms with Gasteiger partial charge in [0, 0.05) is 12.3 Å². The van der Waals surface area contributed by atoms with Crippen molar-refractivity contribution in [2.45, 2.75) is 19.8 Å². The molecule has 3 aliphatic rings. The maximum atomic E-state index is 11.3. The fourth-order valence-corrected chi connectivity index (χ4v) is 2.30. The van der Waals surface area contributed by atoms with Gasteiger partial charge < -0.3 is 4.74 Å². The summed E-state index contributed by atoms with van der Waals surface area (Å²) in [6.45, 7) is 2.21. The van der Waals surface area contributed by atoms with Crippen molar-refractivity contribution in [3.8, 4) is 0 Å². The number of hydrogen-bond acceptors (Lipinski definition) is 3. The molecule has 0 spiro atoms. The van der Waals surface area contributed by atoms with Crippen LogP contribution in [0.4, 0.5) is 0 Å². The summed E-state index contributed by atoms with van der Waals surface area (Å²) in [5, 5.41) is 0. The number of ketones is 1. The van der Waals surface area contributed by atoms with E-state index in [9.17, 15) is 9.59 Å². The quantitative estimate of drug-likeness (QED) is 0.572. The first kappa shape index (κ1) is 7.77. The van der Waals surface area contributed by atoms with Gasteiger partial charge in [0.05, 0.1) is 12.5 Å². The molecule has 3 nitrogen and oxygen atoms in total. The number of esters is 1. The summed E-state index contributed by atoms with van der Waals surface area (Å²) < 4.78 is 4.88. The summed E-state index contributed by atoms with van der Waals surface area (Å²) >= 11 is 0. The van der Waals surface area contributed by atoms with Crippen LogP contribution >= 0.6 is 0 Å². The van der Waals surface area contributed by atoms with Crippen LogP contribution in [0.15, 0.2) is 0 Å². The molecular formula is C9H12O3. The van der Waals surface area contributed by atoms with Crippen LogP contribution < -0.4 is 0 Å². The molecular weight excluding hydrogens is 156 g/mol. The van der Waals surface area contributed by atoms with Gasteiger partial charge in [-0.15, -0.1) is 0 Å². The number of carbonyl (C=O) groups is 2. The second-order valence-electron chi connectivity index (χ2n) is 3.55. The van der Waals surface area contributed by atoms with Crippen LogP contribution in [0, 0.1) is 17.8 Å². The maximum Gasteiger partial charge on any atom is 0.309 e. The van der Waals surface area contributed by atoms with Crippen molar-refractivity contribution in [1.82, 2.24) is 0 Å². The number of ether oxygens (including phenoxy) is 1. The summed E-state index contributed by atoms with van der Waals surface area (Å²) in [5.74, 6) is 0.329. The van der Waals surface area contributed by atoms with Crippen LogP contribution in [-0.2, 0) is 14.3 Å². The zero-order chi connectivity index (χ0) is 8.72. The largest absolute Gasteiger partial charge is 0.466 e. The van der Waals surface area contributed by atoms with Gasteiger partial charge in [-0.05, 0) is 19.3 Å². The van der Waals surface area contributed by atoms with E-state index in [0.717, 1.165) is 6.42 Å². The lowest BCUT2D eigenvalue weighted by Gasteiger charge is -2.31. The summed E-state index contributed by atoms with van der Waals surface area (Å²) in [5.41, 5.74) is 0. The van der Waals surface area contributed by atoms with Gasteiger partial charge in [0.15, 0.2) is 0 Å². The molecule has 2 bridgehead atoms. The molecule has 3 aliphatic carbocycles. The molecule has 1 unspecified atom stereocenters. The van der Waals surface area contributed by atoms with Gasteiger partial charge in [0.2, 0.25) is 0 Å². The molecule has 0 heterocycles. The highest BCUT2D eigenvalue weighted by Crippen LogP contribution is 2.51. The van der Waals surface area contributed by atoms with Crippen molar-refractivity contribution in [1.29, 1.82) is 0 Å². The van der Waals surface area contributed by atoms with Crippen molar-refractivity contribution >= 4 is 11.8 Å². The average molecular weight is 168 g/mol. The minimum Gasteiger partial charge on any atom is -0.466 e. The van der Waals surface area contributed by atoms with E-state index in [1.807, 2.05) is 0 Å². The molecule has 0 amide bonds. The molecule has 0 N–H and O–H groups in total. The van der Waals surface area contributed by atoms with Gasteiger partial charge in [0.1, 0.15) is 5.78 Å². The molecule has 3 saturated carbocycles. The minimum atomic E-state index is -0.162. The highest BCUT2D eigenvalue weighted by molar-refractivity contribution is 5.93. The summed E-state index contributed by atoms with van der Waals surface area (Å²) in [7, 11) is 0. The molecule has 0 aromatic carbocycles. The van der Waals surface area contributed by atoms with Gasteiger partial charge in [-0.3, -0.25) is 9.59 Å². The topological polar surface area (TPSA) is 43.4 Å². The van der Waals surface area contributed by atoms with Crippen molar-refractivity contribution in [2.24, 2.45) is 17.8 Å². The minimum absolute atomic E-state index is 0.00838. The third kappa shape index (κ3) is 0.886. The molecule has 12 heavy (non-hydrogen) atoms. The van der Waals surface area contributed by atoms with Gasteiger partial charge >= 0.3 is 5.97 Å². The Morgan fingerprint density at radius 2 is 2.42 bits per heavy atom. The first-order valence-corrected chi connectivity index (χ1v) is 4.43. The van der Waals surface area contributed by atoms with Crippen molar-refractivity contribution < 1.29 is 14.3 Å². The molecule has 0 aromatic heterocycles. The van der Waals surface area contributed by atoms with Gasteiger partial charge in [-0.25, -0.2) is 0 Å². The van der Waals surface area contributed by atoms with Gasteiger partial charge in [-0.2, -0.15) is 0 Å². The Morgan fingerprint density at radius 3 is 2.83 bits per heavy atom. The lowest BCUT2D eigenvalue weighted by Crippen LogP contribution is -2.37. The highest BCUT2D eigenvalue weighted by Gasteiger charge is 2.56. The summed E-state index contributed by atoms with van der Waals surface area (Å²) in [6, 6.07) is 0. The Morgan fingerprint density at radius 1 is 1.67 bits per heavy atom. The monoisotopic (exact) mass is 168 g/mol. The second kappa shape index (κ2) is 2.57. The van der Waals surface area contributed by atoms with Gasteiger partial charge in [0.25, 0.3) is 0 Å². The van der Waals surface area contributed by atoms with Crippen LogP contribution in [0.3, 0.4) is 0 Å². The van der Waals surface area contributed by atoms with E-state index >= 15 is 0 Å². The van der Waals surface area contributed by atoms with Gasteiger partial charge in [-0.1, -0.05) is 0 Å². The molecule has 0 aromatic rings. The molecule has 3 rings (SSSR count). The molecule has 0 aliphatic heterocycles. The van der Waals surface area contributed by atoms with Crippen LogP contribution in [0.5, 0.6) is 0 Å². The fourth-order valence-electron chi connectivity index (χ4n) is 2.30. The molecule has 0 radical (unpaired) electrons. The van der Waals surface area contributed by atoms with E-state index in [-0.39, 0.29) is 23.6 Å². The molecule has 66 valence electrons. The van der Waals surface area contributed by atoms with Crippen LogP contribution in [0.1, 0.15) is 19.8 Å². The lowest BCUT2D eigenvalue weighted by atomic mass is 9.72. The summed E-state index contributed by atoms with van der Waals surface area (Å²) in [6.07, 6.45) is 1.52. The lowest BCUT2D eigenvalue weighted by molar-refractivity contribution is -0.156. The van der Waals surface area contributed by atoms with Crippen LogP contribution in [-0.4, -0.2) is 18.4 Å². The molecule has 0 saturated heterocycles. The van der Waals surface area contributed by atoms with E-state index in [2.05, 4.69) is 0 Å². The smallest absolute Gasteiger partial charge is 0.309 e. The number of Topliss-reactive ketones (excluding diaryl/α,β-unsaturated/α-hetero) is 1. The van der Waals surface area contributed by atoms with Crippen molar-refractivity contribution in [2.75, 3.05) is 6.61 Å². The number of rotatable bonds is 2. The van der Waals surface area contributed by atoms with Crippen LogP contribution in [0.2, 0.25) is 0 Å². The fraction of sp³-hybridized carbons (Fsp3) is 0.778. The predicted molar refractivity (Wildman–Crippen MR) is 41.3 cm³/mol. The average Bonchev–Trinajstić information content (AvgIpc) is 2.43. The molecule has 3 atom stereocenters. The number of hydrogen-bond donors (Lipinski definition) is 0. The Bertz CT molecular complexity index is 234. The normalized spacial score (nSPS) is 37.8. The zero-order valence-corrected chi connectivity index (χ0v) is 7.08. The Kier molecular flexibility index (Phi) is 1.67. The zero-order valence-electron chi connectivity index (χ0n) is 7.08. The third-order valence-corrected chi connectivity index (χ3v) is 2.93. The molecule has 3 fully saturated rings. The second-order valence-corrected chi connectivity index (χ2v) is 3.55. The first-order chi connectivity index (χ1) is 5.74. The third-order valence-electron chi connectivity index (χ3n) is 2.93. The highest BCUT2D eigenvalue weighted by atomic mass is 16.5. The predicted octanol–water partition coefficient (Wildman–Crippen LogP) is 0.775. The maximum absolute atomic E-state index is 11.3. The van der Waals surface area contributed by atoms with E-state index in [1.165, 1.54) is 0 Å². The molecule has 3 heteroatoms. The van der Waals surface area contributed by atoms with E-state index in [0.29, 0.717) is 18.9 Å².